The quantitative estimate of drug-likeness (QED) is 0.629. The molecule has 26 heavy (non-hydrogen) atoms. The van der Waals surface area contributed by atoms with Gasteiger partial charge in [0.15, 0.2) is 5.78 Å². The number of aliphatic hydroxyl groups excluding tert-OH is 2. The van der Waals surface area contributed by atoms with Crippen molar-refractivity contribution in [3.63, 3.8) is 0 Å². The second-order valence-corrected chi connectivity index (χ2v) is 5.95. The molecule has 1 atom stereocenters. The fourth-order valence-electron chi connectivity index (χ4n) is 2.43. The topological polar surface area (TPSA) is 104 Å². The SMILES string of the molecule is NCC(=O)N(CC(O)CO)c1ccc(Cl)cc1C(=O)c1ccccc1F. The van der Waals surface area contributed by atoms with Crippen LogP contribution in [0.2, 0.25) is 5.02 Å². The van der Waals surface area contributed by atoms with Gasteiger partial charge in [0, 0.05) is 10.6 Å². The first kappa shape index (κ1) is 20.0. The Bertz CT molecular complexity index is 816. The predicted octanol–water partition coefficient (Wildman–Crippen LogP) is 1.36. The van der Waals surface area contributed by atoms with E-state index in [1.54, 1.807) is 0 Å². The summed E-state index contributed by atoms with van der Waals surface area (Å²) >= 11 is 5.98. The summed E-state index contributed by atoms with van der Waals surface area (Å²) in [6.07, 6.45) is -1.24. The minimum absolute atomic E-state index is 0.0189. The average Bonchev–Trinajstić information content (AvgIpc) is 2.65. The van der Waals surface area contributed by atoms with Crippen LogP contribution in [0.5, 0.6) is 0 Å². The molecule has 0 aliphatic rings. The lowest BCUT2D eigenvalue weighted by molar-refractivity contribution is -0.117. The van der Waals surface area contributed by atoms with Crippen molar-refractivity contribution >= 4 is 29.0 Å². The number of rotatable bonds is 7. The molecule has 0 aliphatic heterocycles. The highest BCUT2D eigenvalue weighted by atomic mass is 35.5. The van der Waals surface area contributed by atoms with Crippen molar-refractivity contribution < 1.29 is 24.2 Å². The van der Waals surface area contributed by atoms with Crippen molar-refractivity contribution in [1.82, 2.24) is 0 Å². The first-order valence-electron chi connectivity index (χ1n) is 7.77. The Morgan fingerprint density at radius 2 is 1.88 bits per heavy atom. The summed E-state index contributed by atoms with van der Waals surface area (Å²) in [6, 6.07) is 9.61. The number of carbonyl (C=O) groups is 2. The zero-order valence-electron chi connectivity index (χ0n) is 13.7. The van der Waals surface area contributed by atoms with E-state index in [0.29, 0.717) is 0 Å². The van der Waals surface area contributed by atoms with Gasteiger partial charge >= 0.3 is 0 Å². The number of benzene rings is 2. The molecule has 0 fully saturated rings. The van der Waals surface area contributed by atoms with Crippen LogP contribution < -0.4 is 10.6 Å². The van der Waals surface area contributed by atoms with Crippen LogP contribution in [0.1, 0.15) is 15.9 Å². The summed E-state index contributed by atoms with van der Waals surface area (Å²) in [6.45, 7) is -1.25. The molecule has 0 spiro atoms. The van der Waals surface area contributed by atoms with Crippen LogP contribution in [0.4, 0.5) is 10.1 Å². The number of anilines is 1. The summed E-state index contributed by atoms with van der Waals surface area (Å²) in [5, 5.41) is 19.0. The van der Waals surface area contributed by atoms with Crippen LogP contribution in [-0.4, -0.2) is 47.7 Å². The van der Waals surface area contributed by atoms with Crippen molar-refractivity contribution in [2.24, 2.45) is 5.73 Å². The third kappa shape index (κ3) is 4.44. The lowest BCUT2D eigenvalue weighted by atomic mass is 10.00. The molecule has 2 aromatic rings. The van der Waals surface area contributed by atoms with E-state index in [1.165, 1.54) is 36.4 Å². The number of nitrogens with two attached hydrogens (primary N) is 1. The van der Waals surface area contributed by atoms with Gasteiger partial charge in [0.1, 0.15) is 5.82 Å². The molecule has 0 saturated carbocycles. The number of halogens is 2. The molecule has 0 bridgehead atoms. The molecule has 0 radical (unpaired) electrons. The Morgan fingerprint density at radius 3 is 2.50 bits per heavy atom. The molecule has 2 aromatic carbocycles. The van der Waals surface area contributed by atoms with Gasteiger partial charge in [0.05, 0.1) is 37.1 Å². The number of amides is 1. The maximum Gasteiger partial charge on any atom is 0.240 e. The molecule has 6 nitrogen and oxygen atoms in total. The summed E-state index contributed by atoms with van der Waals surface area (Å²) in [5.41, 5.74) is 5.33. The highest BCUT2D eigenvalue weighted by Gasteiger charge is 2.25. The minimum atomic E-state index is -1.24. The van der Waals surface area contributed by atoms with Crippen LogP contribution >= 0.6 is 11.6 Å². The average molecular weight is 381 g/mol. The van der Waals surface area contributed by atoms with Gasteiger partial charge < -0.3 is 20.8 Å². The summed E-state index contributed by atoms with van der Waals surface area (Å²) in [4.78, 5) is 26.1. The minimum Gasteiger partial charge on any atom is -0.394 e. The maximum absolute atomic E-state index is 14.0. The van der Waals surface area contributed by atoms with Crippen molar-refractivity contribution in [2.45, 2.75) is 6.10 Å². The van der Waals surface area contributed by atoms with Gasteiger partial charge in [-0.3, -0.25) is 9.59 Å². The Labute approximate surface area is 154 Å². The third-order valence-corrected chi connectivity index (χ3v) is 3.93. The molecule has 8 heteroatoms. The highest BCUT2D eigenvalue weighted by molar-refractivity contribution is 6.31. The van der Waals surface area contributed by atoms with Crippen molar-refractivity contribution in [3.05, 3.63) is 64.4 Å². The van der Waals surface area contributed by atoms with E-state index < -0.39 is 30.2 Å². The third-order valence-electron chi connectivity index (χ3n) is 3.69. The number of nitrogens with zero attached hydrogens (tertiary/aromatic N) is 1. The van der Waals surface area contributed by atoms with Crippen LogP contribution in [0.25, 0.3) is 0 Å². The second-order valence-electron chi connectivity index (χ2n) is 5.52. The Morgan fingerprint density at radius 1 is 1.19 bits per heavy atom. The van der Waals surface area contributed by atoms with Crippen molar-refractivity contribution in [3.8, 4) is 0 Å². The molecule has 1 amide bonds. The van der Waals surface area contributed by atoms with E-state index in [0.717, 1.165) is 11.0 Å². The number of carbonyl (C=O) groups excluding carboxylic acids is 2. The van der Waals surface area contributed by atoms with Gasteiger partial charge in [-0.05, 0) is 30.3 Å². The second kappa shape index (κ2) is 8.86. The first-order chi connectivity index (χ1) is 12.4. The first-order valence-corrected chi connectivity index (χ1v) is 8.15. The van der Waals surface area contributed by atoms with Crippen LogP contribution in [0, 0.1) is 5.82 Å². The molecular formula is C18H18ClFN2O4. The normalized spacial score (nSPS) is 11.9. The zero-order chi connectivity index (χ0) is 19.3. The number of hydrogen-bond acceptors (Lipinski definition) is 5. The number of aliphatic hydroxyl groups is 2. The fraction of sp³-hybridized carbons (Fsp3) is 0.222. The van der Waals surface area contributed by atoms with E-state index in [2.05, 4.69) is 0 Å². The number of hydrogen-bond donors (Lipinski definition) is 3. The van der Waals surface area contributed by atoms with Crippen LogP contribution in [0.15, 0.2) is 42.5 Å². The van der Waals surface area contributed by atoms with E-state index in [-0.39, 0.29) is 34.9 Å². The van der Waals surface area contributed by atoms with Crippen LogP contribution in [-0.2, 0) is 4.79 Å². The fourth-order valence-corrected chi connectivity index (χ4v) is 2.60. The Hall–Kier alpha value is -2.32. The summed E-state index contributed by atoms with van der Waals surface area (Å²) in [5.74, 6) is -1.97. The van der Waals surface area contributed by atoms with E-state index in [4.69, 9.17) is 22.4 Å². The molecule has 138 valence electrons. The van der Waals surface area contributed by atoms with E-state index >= 15 is 0 Å². The standard InChI is InChI=1S/C18H18ClFN2O4/c19-11-5-6-16(22(17(25)8-21)9-12(24)10-23)14(7-11)18(26)13-3-1-2-4-15(13)20/h1-7,12,23-24H,8-10,21H2. The van der Waals surface area contributed by atoms with Gasteiger partial charge in [-0.15, -0.1) is 0 Å². The molecule has 0 heterocycles. The van der Waals surface area contributed by atoms with Gasteiger partial charge in [0.2, 0.25) is 5.91 Å². The van der Waals surface area contributed by atoms with Crippen molar-refractivity contribution in [2.75, 3.05) is 24.6 Å². The Balaban J connectivity index is 2.56. The lowest BCUT2D eigenvalue weighted by Crippen LogP contribution is -2.42. The Kier molecular flexibility index (Phi) is 6.82. The largest absolute Gasteiger partial charge is 0.394 e. The lowest BCUT2D eigenvalue weighted by Gasteiger charge is -2.26. The van der Waals surface area contributed by atoms with E-state index in [1.807, 2.05) is 0 Å². The molecule has 4 N–H and O–H groups in total. The smallest absolute Gasteiger partial charge is 0.240 e. The van der Waals surface area contributed by atoms with Crippen molar-refractivity contribution in [1.29, 1.82) is 0 Å². The summed E-state index contributed by atoms with van der Waals surface area (Å²) < 4.78 is 14.0. The highest BCUT2D eigenvalue weighted by Crippen LogP contribution is 2.28. The summed E-state index contributed by atoms with van der Waals surface area (Å²) in [7, 11) is 0. The number of ketones is 1. The van der Waals surface area contributed by atoms with Crippen LogP contribution in [0.3, 0.4) is 0 Å². The molecule has 0 saturated heterocycles. The maximum atomic E-state index is 14.0. The van der Waals surface area contributed by atoms with E-state index in [9.17, 15) is 19.1 Å². The molecule has 1 unspecified atom stereocenters. The molecular weight excluding hydrogens is 363 g/mol. The van der Waals surface area contributed by atoms with Gasteiger partial charge in [-0.25, -0.2) is 4.39 Å². The van der Waals surface area contributed by atoms with Gasteiger partial charge in [-0.1, -0.05) is 23.7 Å². The molecule has 0 aromatic heterocycles. The molecule has 2 rings (SSSR count). The zero-order valence-corrected chi connectivity index (χ0v) is 14.5. The van der Waals surface area contributed by atoms with Gasteiger partial charge in [-0.2, -0.15) is 0 Å². The van der Waals surface area contributed by atoms with Gasteiger partial charge in [0.25, 0.3) is 0 Å². The predicted molar refractivity (Wildman–Crippen MR) is 95.8 cm³/mol. The molecule has 0 aliphatic carbocycles. The monoisotopic (exact) mass is 380 g/mol.